The highest BCUT2D eigenvalue weighted by Gasteiger charge is 2.37. The number of pyridine rings is 1. The van der Waals surface area contributed by atoms with E-state index in [0.717, 1.165) is 56.5 Å². The number of rotatable bonds is 6. The topological polar surface area (TPSA) is 100 Å². The quantitative estimate of drug-likeness (QED) is 0.718. The summed E-state index contributed by atoms with van der Waals surface area (Å²) in [5.74, 6) is 0.996. The molecule has 0 unspecified atom stereocenters. The predicted molar refractivity (Wildman–Crippen MR) is 122 cm³/mol. The molecule has 3 heterocycles. The van der Waals surface area contributed by atoms with E-state index in [2.05, 4.69) is 25.6 Å². The van der Waals surface area contributed by atoms with Crippen LogP contribution in [0.3, 0.4) is 0 Å². The van der Waals surface area contributed by atoms with Crippen molar-refractivity contribution in [2.75, 3.05) is 18.4 Å². The molecule has 2 aromatic heterocycles. The first-order chi connectivity index (χ1) is 15.5. The maximum Gasteiger partial charge on any atom is 0.224 e. The summed E-state index contributed by atoms with van der Waals surface area (Å²) in [7, 11) is 0. The maximum absolute atomic E-state index is 13.2. The Hall–Kier alpha value is -3.03. The van der Waals surface area contributed by atoms with Gasteiger partial charge in [-0.2, -0.15) is 0 Å². The monoisotopic (exact) mass is 436 g/mol. The molecule has 170 valence electrons. The first-order valence-corrected chi connectivity index (χ1v) is 11.6. The fourth-order valence-electron chi connectivity index (χ4n) is 5.03. The average Bonchev–Trinajstić information content (AvgIpc) is 2.80. The van der Waals surface area contributed by atoms with Gasteiger partial charge in [0, 0.05) is 56.0 Å². The summed E-state index contributed by atoms with van der Waals surface area (Å²) in [5, 5.41) is 6.31. The second-order valence-corrected chi connectivity index (χ2v) is 9.07. The molecule has 0 aromatic carbocycles. The van der Waals surface area contributed by atoms with Crippen molar-refractivity contribution in [1.82, 2.24) is 25.2 Å². The zero-order valence-corrected chi connectivity index (χ0v) is 18.7. The zero-order chi connectivity index (χ0) is 22.4. The van der Waals surface area contributed by atoms with Gasteiger partial charge in [0.15, 0.2) is 0 Å². The molecule has 1 aliphatic heterocycles. The van der Waals surface area contributed by atoms with Crippen LogP contribution in [-0.2, 0) is 9.59 Å². The molecule has 8 heteroatoms. The summed E-state index contributed by atoms with van der Waals surface area (Å²) < 4.78 is 0. The van der Waals surface area contributed by atoms with Gasteiger partial charge in [-0.25, -0.2) is 4.98 Å². The van der Waals surface area contributed by atoms with Gasteiger partial charge in [0.25, 0.3) is 0 Å². The van der Waals surface area contributed by atoms with E-state index in [9.17, 15) is 9.59 Å². The molecule has 2 fully saturated rings. The van der Waals surface area contributed by atoms with Gasteiger partial charge < -0.3 is 15.5 Å². The minimum atomic E-state index is -0.375. The molecule has 4 rings (SSSR count). The molecule has 8 nitrogen and oxygen atoms in total. The molecule has 2 aromatic rings. The van der Waals surface area contributed by atoms with Crippen molar-refractivity contribution in [2.24, 2.45) is 0 Å². The Balaban J connectivity index is 1.38. The van der Waals surface area contributed by atoms with Crippen LogP contribution in [0.15, 0.2) is 36.9 Å². The van der Waals surface area contributed by atoms with E-state index in [1.807, 2.05) is 17.0 Å². The van der Waals surface area contributed by atoms with Gasteiger partial charge in [-0.05, 0) is 37.8 Å². The molecule has 1 atom stereocenters. The minimum absolute atomic E-state index is 0.0457. The Kier molecular flexibility index (Phi) is 6.97. The molecule has 1 aliphatic carbocycles. The number of nitrogens with zero attached hydrogens (tertiary/aromatic N) is 4. The van der Waals surface area contributed by atoms with Crippen LogP contribution in [0, 0.1) is 0 Å². The Morgan fingerprint density at radius 1 is 1.09 bits per heavy atom. The lowest BCUT2D eigenvalue weighted by Gasteiger charge is -2.40. The van der Waals surface area contributed by atoms with Crippen molar-refractivity contribution in [3.8, 4) is 0 Å². The van der Waals surface area contributed by atoms with Crippen LogP contribution in [-0.4, -0.2) is 50.3 Å². The summed E-state index contributed by atoms with van der Waals surface area (Å²) in [4.78, 5) is 39.9. The lowest BCUT2D eigenvalue weighted by Crippen LogP contribution is -2.53. The van der Waals surface area contributed by atoms with E-state index in [1.165, 1.54) is 6.42 Å². The second kappa shape index (κ2) is 10.1. The van der Waals surface area contributed by atoms with Crippen molar-refractivity contribution in [1.29, 1.82) is 0 Å². The van der Waals surface area contributed by atoms with Gasteiger partial charge in [0.1, 0.15) is 5.82 Å². The largest absolute Gasteiger partial charge is 0.350 e. The number of nitrogens with one attached hydrogen (secondary N) is 2. The van der Waals surface area contributed by atoms with Gasteiger partial charge in [-0.15, -0.1) is 0 Å². The van der Waals surface area contributed by atoms with E-state index in [1.54, 1.807) is 31.7 Å². The third-order valence-electron chi connectivity index (χ3n) is 6.56. The third-order valence-corrected chi connectivity index (χ3v) is 6.56. The van der Waals surface area contributed by atoms with Crippen molar-refractivity contribution in [2.45, 2.75) is 69.7 Å². The number of carbonyl (C=O) groups is 2. The Labute approximate surface area is 189 Å². The molecule has 0 bridgehead atoms. The molecule has 0 spiro atoms. The zero-order valence-electron chi connectivity index (χ0n) is 18.7. The van der Waals surface area contributed by atoms with E-state index in [4.69, 9.17) is 0 Å². The van der Waals surface area contributed by atoms with E-state index < -0.39 is 0 Å². The Bertz CT molecular complexity index is 912. The number of piperidine rings is 1. The number of carbonyl (C=O) groups excluding carboxylic acids is 2. The summed E-state index contributed by atoms with van der Waals surface area (Å²) >= 11 is 0. The highest BCUT2D eigenvalue weighted by Crippen LogP contribution is 2.33. The van der Waals surface area contributed by atoms with Crippen LogP contribution < -0.4 is 10.6 Å². The van der Waals surface area contributed by atoms with Crippen molar-refractivity contribution in [3.05, 3.63) is 42.6 Å². The third kappa shape index (κ3) is 5.60. The smallest absolute Gasteiger partial charge is 0.224 e. The van der Waals surface area contributed by atoms with Gasteiger partial charge in [-0.1, -0.05) is 19.3 Å². The number of likely N-dealkylation sites (tertiary alicyclic amines) is 1. The van der Waals surface area contributed by atoms with Crippen LogP contribution >= 0.6 is 0 Å². The summed E-state index contributed by atoms with van der Waals surface area (Å²) in [5.41, 5.74) is 1.48. The van der Waals surface area contributed by atoms with Gasteiger partial charge in [0.05, 0.1) is 18.1 Å². The van der Waals surface area contributed by atoms with E-state index >= 15 is 0 Å². The molecule has 2 aliphatic rings. The van der Waals surface area contributed by atoms with Crippen molar-refractivity contribution < 1.29 is 9.59 Å². The lowest BCUT2D eigenvalue weighted by molar-refractivity contribution is -0.135. The maximum atomic E-state index is 13.2. The number of aromatic nitrogens is 3. The number of amides is 2. The molecule has 2 N–H and O–H groups in total. The fourth-order valence-corrected chi connectivity index (χ4v) is 5.03. The summed E-state index contributed by atoms with van der Waals surface area (Å²) in [6.07, 6.45) is 14.2. The van der Waals surface area contributed by atoms with Crippen LogP contribution in [0.2, 0.25) is 0 Å². The molecule has 1 saturated carbocycles. The van der Waals surface area contributed by atoms with E-state index in [0.29, 0.717) is 18.8 Å². The standard InChI is InChI=1S/C24H32N6O2/c1-18(31)29-24(9-3-2-4-10-24)14-23(32)30-13-5-6-19(17-30)21-8-7-20(15-27-21)28-22-16-25-11-12-26-22/h7-8,11-12,15-16,19H,2-6,9-10,13-14,17H2,1H3,(H,26,28)(H,29,31)/t19-/m0/s1. The molecule has 2 amide bonds. The highest BCUT2D eigenvalue weighted by atomic mass is 16.2. The normalized spacial score (nSPS) is 20.4. The van der Waals surface area contributed by atoms with Gasteiger partial charge >= 0.3 is 0 Å². The first-order valence-electron chi connectivity index (χ1n) is 11.6. The molecular weight excluding hydrogens is 404 g/mol. The lowest BCUT2D eigenvalue weighted by atomic mass is 9.78. The Morgan fingerprint density at radius 2 is 1.94 bits per heavy atom. The van der Waals surface area contributed by atoms with Gasteiger partial charge in [-0.3, -0.25) is 19.6 Å². The average molecular weight is 437 g/mol. The van der Waals surface area contributed by atoms with E-state index in [-0.39, 0.29) is 23.3 Å². The van der Waals surface area contributed by atoms with Crippen molar-refractivity contribution in [3.63, 3.8) is 0 Å². The summed E-state index contributed by atoms with van der Waals surface area (Å²) in [6, 6.07) is 4.02. The van der Waals surface area contributed by atoms with Crippen LogP contribution in [0.25, 0.3) is 0 Å². The highest BCUT2D eigenvalue weighted by molar-refractivity contribution is 5.80. The molecule has 0 radical (unpaired) electrons. The summed E-state index contributed by atoms with van der Waals surface area (Å²) in [6.45, 7) is 3.00. The fraction of sp³-hybridized carbons (Fsp3) is 0.542. The Morgan fingerprint density at radius 3 is 2.62 bits per heavy atom. The number of hydrogen-bond acceptors (Lipinski definition) is 6. The predicted octanol–water partition coefficient (Wildman–Crippen LogP) is 3.55. The number of hydrogen-bond donors (Lipinski definition) is 2. The molecule has 32 heavy (non-hydrogen) atoms. The van der Waals surface area contributed by atoms with Gasteiger partial charge in [0.2, 0.25) is 11.8 Å². The van der Waals surface area contributed by atoms with Crippen molar-refractivity contribution >= 4 is 23.3 Å². The second-order valence-electron chi connectivity index (χ2n) is 9.07. The minimum Gasteiger partial charge on any atom is -0.350 e. The van der Waals surface area contributed by atoms with Crippen LogP contribution in [0.1, 0.15) is 69.9 Å². The first kappa shape index (κ1) is 22.2. The SMILES string of the molecule is CC(=O)NC1(CC(=O)N2CCC[C@H](c3ccc(Nc4cnccn4)cn3)C2)CCCCC1. The number of anilines is 2. The van der Waals surface area contributed by atoms with Crippen LogP contribution in [0.4, 0.5) is 11.5 Å². The molecule has 1 saturated heterocycles. The molecular formula is C24H32N6O2. The van der Waals surface area contributed by atoms with Crippen LogP contribution in [0.5, 0.6) is 0 Å².